The van der Waals surface area contributed by atoms with Gasteiger partial charge in [-0.3, -0.25) is 4.79 Å². The molecule has 4 aliphatic rings. The maximum Gasteiger partial charge on any atom is 0.338 e. The lowest BCUT2D eigenvalue weighted by molar-refractivity contribution is -0.208. The number of para-hydroxylation sites is 1. The molecule has 7 nitrogen and oxygen atoms in total. The maximum atomic E-state index is 13.8. The van der Waals surface area contributed by atoms with Gasteiger partial charge < -0.3 is 24.1 Å². The highest BCUT2D eigenvalue weighted by Crippen LogP contribution is 2.52. The molecule has 3 fully saturated rings. The van der Waals surface area contributed by atoms with Gasteiger partial charge in [-0.15, -0.1) is 0 Å². The summed E-state index contributed by atoms with van der Waals surface area (Å²) in [6.45, 7) is 3.14. The number of aromatic nitrogens is 1. The number of amides is 1. The average molecular weight is 467 g/mol. The lowest BCUT2D eigenvalue weighted by Gasteiger charge is -2.39. The van der Waals surface area contributed by atoms with Gasteiger partial charge in [0.05, 0.1) is 25.0 Å². The zero-order chi connectivity index (χ0) is 23.6. The summed E-state index contributed by atoms with van der Waals surface area (Å²) in [6, 6.07) is 8.11. The largest absolute Gasteiger partial charge is 0.467 e. The Morgan fingerprint density at radius 2 is 2.03 bits per heavy atom. The van der Waals surface area contributed by atoms with Crippen molar-refractivity contribution in [2.75, 3.05) is 20.3 Å². The fourth-order valence-corrected chi connectivity index (χ4v) is 7.08. The number of hydrogen-bond acceptors (Lipinski definition) is 5. The Morgan fingerprint density at radius 3 is 2.79 bits per heavy atom. The standard InChI is InChI=1S/C27H34N2O5/c1-3-25(17-33-26(34-25)12-7-4-8-13-26)15-18-16-27(24(31)32-2)22-20(11-14-29(27)23(18)30)19-9-5-6-10-21(19)28-22/h5-6,9-10,18,28H,3-4,7-8,11-17H2,1-2H3. The SMILES string of the molecule is CCC1(CC2CC3(C(=O)OC)c4[nH]c5ccccc5c4CCN3C2=O)COC2(CCCCC2)O1. The van der Waals surface area contributed by atoms with E-state index in [2.05, 4.69) is 18.0 Å². The van der Waals surface area contributed by atoms with Crippen LogP contribution in [0.15, 0.2) is 24.3 Å². The number of ether oxygens (including phenoxy) is 3. The molecule has 2 saturated heterocycles. The van der Waals surface area contributed by atoms with Crippen LogP contribution in [0.4, 0.5) is 0 Å². The third kappa shape index (κ3) is 3.02. The monoisotopic (exact) mass is 466 g/mol. The van der Waals surface area contributed by atoms with Gasteiger partial charge in [0.2, 0.25) is 5.91 Å². The summed E-state index contributed by atoms with van der Waals surface area (Å²) < 4.78 is 18.4. The number of carbonyl (C=O) groups is 2. The van der Waals surface area contributed by atoms with E-state index in [9.17, 15) is 9.59 Å². The van der Waals surface area contributed by atoms with E-state index >= 15 is 0 Å². The van der Waals surface area contributed by atoms with Crippen LogP contribution in [-0.2, 0) is 35.8 Å². The van der Waals surface area contributed by atoms with E-state index in [-0.39, 0.29) is 17.8 Å². The van der Waals surface area contributed by atoms with Crippen LogP contribution in [0.1, 0.15) is 69.5 Å². The molecule has 1 aliphatic carbocycles. The van der Waals surface area contributed by atoms with Crippen molar-refractivity contribution >= 4 is 22.8 Å². The van der Waals surface area contributed by atoms with E-state index in [1.165, 1.54) is 13.5 Å². The summed E-state index contributed by atoms with van der Waals surface area (Å²) in [7, 11) is 1.41. The van der Waals surface area contributed by atoms with Crippen molar-refractivity contribution < 1.29 is 23.8 Å². The number of rotatable bonds is 4. The number of carbonyl (C=O) groups excluding carboxylic acids is 2. The van der Waals surface area contributed by atoms with Crippen LogP contribution in [0.5, 0.6) is 0 Å². The second-order valence-corrected chi connectivity index (χ2v) is 10.6. The molecule has 3 unspecified atom stereocenters. The minimum atomic E-state index is -1.11. The summed E-state index contributed by atoms with van der Waals surface area (Å²) >= 11 is 0. The van der Waals surface area contributed by atoms with Crippen molar-refractivity contribution in [1.82, 2.24) is 9.88 Å². The second-order valence-electron chi connectivity index (χ2n) is 10.6. The Morgan fingerprint density at radius 1 is 1.24 bits per heavy atom. The van der Waals surface area contributed by atoms with Crippen molar-refractivity contribution in [2.45, 2.75) is 81.6 Å². The van der Waals surface area contributed by atoms with Crippen molar-refractivity contribution in [3.63, 3.8) is 0 Å². The van der Waals surface area contributed by atoms with Crippen molar-refractivity contribution in [1.29, 1.82) is 0 Å². The van der Waals surface area contributed by atoms with Crippen LogP contribution >= 0.6 is 0 Å². The quantitative estimate of drug-likeness (QED) is 0.684. The normalized spacial score (nSPS) is 32.2. The molecular formula is C27H34N2O5. The molecule has 1 N–H and O–H groups in total. The maximum absolute atomic E-state index is 13.8. The van der Waals surface area contributed by atoms with Crippen LogP contribution in [0, 0.1) is 5.92 Å². The van der Waals surface area contributed by atoms with Gasteiger partial charge in [-0.2, -0.15) is 0 Å². The second kappa shape index (κ2) is 7.82. The smallest absolute Gasteiger partial charge is 0.338 e. The fourth-order valence-electron chi connectivity index (χ4n) is 7.08. The first-order valence-corrected chi connectivity index (χ1v) is 12.8. The molecule has 1 spiro atoms. The number of H-pyrrole nitrogens is 1. The van der Waals surface area contributed by atoms with Crippen LogP contribution < -0.4 is 0 Å². The molecule has 182 valence electrons. The van der Waals surface area contributed by atoms with Gasteiger partial charge in [0.1, 0.15) is 0 Å². The highest BCUT2D eigenvalue weighted by molar-refractivity contribution is 5.97. The van der Waals surface area contributed by atoms with E-state index in [1.54, 1.807) is 4.90 Å². The number of benzene rings is 1. The molecule has 2 aromatic rings. The number of fused-ring (bicyclic) bond motifs is 5. The highest BCUT2D eigenvalue weighted by Gasteiger charge is 2.62. The molecule has 0 radical (unpaired) electrons. The number of methoxy groups -OCH3 is 1. The first-order valence-electron chi connectivity index (χ1n) is 12.8. The van der Waals surface area contributed by atoms with E-state index in [4.69, 9.17) is 14.2 Å². The number of esters is 1. The molecule has 34 heavy (non-hydrogen) atoms. The van der Waals surface area contributed by atoms with Crippen LogP contribution in [-0.4, -0.2) is 53.4 Å². The summed E-state index contributed by atoms with van der Waals surface area (Å²) in [5, 5.41) is 1.12. The molecular weight excluding hydrogens is 432 g/mol. The van der Waals surface area contributed by atoms with Gasteiger partial charge in [-0.05, 0) is 50.2 Å². The number of aromatic amines is 1. The number of hydrogen-bond donors (Lipinski definition) is 1. The molecule has 1 amide bonds. The van der Waals surface area contributed by atoms with E-state index in [0.717, 1.165) is 60.7 Å². The first kappa shape index (κ1) is 22.1. The van der Waals surface area contributed by atoms with E-state index in [1.807, 2.05) is 18.2 Å². The molecule has 4 heterocycles. The third-order valence-corrected chi connectivity index (χ3v) is 8.83. The minimum absolute atomic E-state index is 0.0238. The Hall–Kier alpha value is -2.38. The molecule has 7 heteroatoms. The third-order valence-electron chi connectivity index (χ3n) is 8.83. The molecule has 3 aliphatic heterocycles. The molecule has 1 saturated carbocycles. The van der Waals surface area contributed by atoms with E-state index < -0.39 is 16.9 Å². The Labute approximate surface area is 200 Å². The predicted molar refractivity (Wildman–Crippen MR) is 126 cm³/mol. The fraction of sp³-hybridized carbons (Fsp3) is 0.630. The van der Waals surface area contributed by atoms with Gasteiger partial charge in [0, 0.05) is 36.2 Å². The molecule has 0 bridgehead atoms. The summed E-state index contributed by atoms with van der Waals surface area (Å²) in [4.78, 5) is 32.5. The molecule has 3 atom stereocenters. The van der Waals surface area contributed by atoms with Crippen molar-refractivity contribution in [3.8, 4) is 0 Å². The van der Waals surface area contributed by atoms with Crippen LogP contribution in [0.25, 0.3) is 10.9 Å². The zero-order valence-corrected chi connectivity index (χ0v) is 20.2. The predicted octanol–water partition coefficient (Wildman–Crippen LogP) is 4.19. The molecule has 1 aromatic carbocycles. The molecule has 1 aromatic heterocycles. The van der Waals surface area contributed by atoms with Crippen LogP contribution in [0.3, 0.4) is 0 Å². The first-order chi connectivity index (χ1) is 16.5. The van der Waals surface area contributed by atoms with Gasteiger partial charge in [0.25, 0.3) is 0 Å². The van der Waals surface area contributed by atoms with Crippen LogP contribution in [0.2, 0.25) is 0 Å². The van der Waals surface area contributed by atoms with Gasteiger partial charge in [0.15, 0.2) is 11.3 Å². The Kier molecular flexibility index (Phi) is 5.08. The van der Waals surface area contributed by atoms with Gasteiger partial charge >= 0.3 is 5.97 Å². The lowest BCUT2D eigenvalue weighted by Crippen LogP contribution is -2.53. The van der Waals surface area contributed by atoms with Crippen molar-refractivity contribution in [2.24, 2.45) is 5.92 Å². The molecule has 6 rings (SSSR count). The van der Waals surface area contributed by atoms with Crippen molar-refractivity contribution in [3.05, 3.63) is 35.5 Å². The van der Waals surface area contributed by atoms with Gasteiger partial charge in [-0.1, -0.05) is 31.5 Å². The number of nitrogens with one attached hydrogen (secondary N) is 1. The Bertz CT molecular complexity index is 1140. The minimum Gasteiger partial charge on any atom is -0.467 e. The summed E-state index contributed by atoms with van der Waals surface area (Å²) in [5.41, 5.74) is 1.33. The Balaban J connectivity index is 1.36. The summed E-state index contributed by atoms with van der Waals surface area (Å²) in [6.07, 6.45) is 7.76. The zero-order valence-electron chi connectivity index (χ0n) is 20.2. The number of nitrogens with zero attached hydrogens (tertiary/aromatic N) is 1. The topological polar surface area (TPSA) is 80.9 Å². The lowest BCUT2D eigenvalue weighted by atomic mass is 9.80. The van der Waals surface area contributed by atoms with E-state index in [0.29, 0.717) is 26.0 Å². The van der Waals surface area contributed by atoms with Gasteiger partial charge in [-0.25, -0.2) is 4.79 Å². The highest BCUT2D eigenvalue weighted by atomic mass is 16.8. The summed E-state index contributed by atoms with van der Waals surface area (Å²) in [5.74, 6) is -1.16. The average Bonchev–Trinajstić information content (AvgIpc) is 3.51.